The minimum atomic E-state index is -0.0584. The first kappa shape index (κ1) is 40.0. The summed E-state index contributed by atoms with van der Waals surface area (Å²) in [5.74, 6) is 2.29. The van der Waals surface area contributed by atoms with Crippen LogP contribution in [0.4, 0.5) is 0 Å². The summed E-state index contributed by atoms with van der Waals surface area (Å²) in [5, 5.41) is 9.24. The van der Waals surface area contributed by atoms with E-state index in [1.54, 1.807) is 0 Å². The van der Waals surface area contributed by atoms with Crippen LogP contribution in [0, 0.1) is 12.1 Å². The van der Waals surface area contributed by atoms with Crippen LogP contribution in [0.5, 0.6) is 0 Å². The van der Waals surface area contributed by atoms with E-state index >= 15 is 0 Å². The molecule has 12 rings (SSSR count). The minimum Gasteiger partial charge on any atom is -0.513 e. The van der Waals surface area contributed by atoms with Crippen LogP contribution in [0.2, 0.25) is 0 Å². The zero-order chi connectivity index (χ0) is 42.9. The van der Waals surface area contributed by atoms with E-state index in [1.165, 1.54) is 22.3 Å². The number of benzene rings is 6. The first-order valence-corrected chi connectivity index (χ1v) is 21.8. The van der Waals surface area contributed by atoms with E-state index in [-0.39, 0.29) is 26.5 Å². The predicted molar refractivity (Wildman–Crippen MR) is 256 cm³/mol. The third kappa shape index (κ3) is 5.95. The smallest absolute Gasteiger partial charge is 0.513 e. The van der Waals surface area contributed by atoms with E-state index < -0.39 is 0 Å². The second-order valence-electron chi connectivity index (χ2n) is 18.5. The quantitative estimate of drug-likeness (QED) is 0.156. The Kier molecular flexibility index (Phi) is 9.16. The van der Waals surface area contributed by atoms with Crippen molar-refractivity contribution in [3.8, 4) is 28.3 Å². The second-order valence-corrected chi connectivity index (χ2v) is 18.5. The number of imidazole rings is 2. The number of para-hydroxylation sites is 4. The fourth-order valence-corrected chi connectivity index (χ4v) is 9.70. The van der Waals surface area contributed by atoms with Gasteiger partial charge < -0.3 is 18.0 Å². The maximum absolute atomic E-state index is 6.85. The molecule has 0 aliphatic carbocycles. The number of furan rings is 1. The van der Waals surface area contributed by atoms with Gasteiger partial charge >= 0.3 is 21.1 Å². The molecule has 0 unspecified atom stereocenters. The number of pyridine rings is 1. The zero-order valence-electron chi connectivity index (χ0n) is 36.7. The van der Waals surface area contributed by atoms with Crippen molar-refractivity contribution < 1.29 is 25.5 Å². The van der Waals surface area contributed by atoms with Crippen LogP contribution in [0.3, 0.4) is 0 Å². The number of hydrogen-bond acceptors (Lipinski definition) is 4. The van der Waals surface area contributed by atoms with E-state index in [1.807, 2.05) is 35.3 Å². The van der Waals surface area contributed by atoms with Crippen LogP contribution in [0.15, 0.2) is 138 Å². The van der Waals surface area contributed by atoms with Crippen molar-refractivity contribution in [2.24, 2.45) is 0 Å². The molecular weight excluding hydrogens is 970 g/mol. The molecule has 0 amide bonds. The van der Waals surface area contributed by atoms with Crippen LogP contribution in [0.1, 0.15) is 77.0 Å². The van der Waals surface area contributed by atoms with Gasteiger partial charge in [-0.15, -0.1) is 24.3 Å². The molecular formula is C55H45N7OPt. The standard InChI is InChI=1S/C55H45N7O.Pt/c1-32(2)37-17-14-18-38(33(3)4)52(37)34-30-57-59(31-34)36-26-42-40-16-9-13-22-50(40)63-53(42)49(27-36)62-48-29-46-41(28-47(48)61-45-21-12-10-19-43(45)58-54(61)62)39-15-8-11-20-44(39)60(46)51-25-35(23-24-56-51)55(5,6)7;/h8-26,28,30-33H,1-7H3;/q-2;+2. The van der Waals surface area contributed by atoms with E-state index in [4.69, 9.17) is 19.5 Å². The molecule has 6 heterocycles. The summed E-state index contributed by atoms with van der Waals surface area (Å²) in [6.45, 7) is 15.8. The number of fused-ring (bicyclic) bond motifs is 11. The van der Waals surface area contributed by atoms with Crippen molar-refractivity contribution in [2.75, 3.05) is 0 Å². The number of nitrogens with zero attached hydrogens (tertiary/aromatic N) is 7. The SMILES string of the molecule is CC(C)c1cccc(C(C)C)c1-c1cnn(-c2[c-]c(-n3c4[c-]c5c(cc4n4c6ccccc6nc34)c3ccccc3n5-c3cc(C(C)(C)C)ccn3)c3oc4ccccc4c3c2)c1.[Pt+2]. The summed E-state index contributed by atoms with van der Waals surface area (Å²) in [6, 6.07) is 48.4. The molecule has 6 aromatic carbocycles. The summed E-state index contributed by atoms with van der Waals surface area (Å²) in [7, 11) is 0. The molecule has 0 aliphatic heterocycles. The normalized spacial score (nSPS) is 12.5. The Morgan fingerprint density at radius 1 is 0.656 bits per heavy atom. The summed E-state index contributed by atoms with van der Waals surface area (Å²) < 4.78 is 15.5. The molecule has 0 saturated heterocycles. The molecule has 316 valence electrons. The van der Waals surface area contributed by atoms with Crippen LogP contribution in [-0.2, 0) is 26.5 Å². The van der Waals surface area contributed by atoms with Gasteiger partial charge in [0.2, 0.25) is 5.78 Å². The molecule has 9 heteroatoms. The second kappa shape index (κ2) is 14.6. The Morgan fingerprint density at radius 2 is 1.38 bits per heavy atom. The molecule has 0 radical (unpaired) electrons. The third-order valence-corrected chi connectivity index (χ3v) is 12.8. The van der Waals surface area contributed by atoms with Crippen molar-refractivity contribution in [2.45, 2.75) is 65.7 Å². The molecule has 12 aromatic rings. The maximum Gasteiger partial charge on any atom is 2.00 e. The maximum atomic E-state index is 6.85. The van der Waals surface area contributed by atoms with Gasteiger partial charge in [-0.05, 0) is 104 Å². The fourth-order valence-electron chi connectivity index (χ4n) is 9.70. The van der Waals surface area contributed by atoms with Crippen LogP contribution >= 0.6 is 0 Å². The minimum absolute atomic E-state index is 0. The Hall–Kier alpha value is -6.76. The van der Waals surface area contributed by atoms with Crippen molar-refractivity contribution >= 4 is 71.6 Å². The first-order valence-electron chi connectivity index (χ1n) is 21.8. The molecule has 0 atom stereocenters. The molecule has 64 heavy (non-hydrogen) atoms. The largest absolute Gasteiger partial charge is 2.00 e. The molecule has 0 N–H and O–H groups in total. The van der Waals surface area contributed by atoms with E-state index in [9.17, 15) is 0 Å². The molecule has 6 aromatic heterocycles. The summed E-state index contributed by atoms with van der Waals surface area (Å²) >= 11 is 0. The van der Waals surface area contributed by atoms with E-state index in [0.717, 1.165) is 88.8 Å². The molecule has 0 spiro atoms. The van der Waals surface area contributed by atoms with Crippen molar-refractivity contribution in [3.63, 3.8) is 0 Å². The number of rotatable bonds is 6. The van der Waals surface area contributed by atoms with Gasteiger partial charge in [-0.3, -0.25) is 4.68 Å². The molecule has 8 nitrogen and oxygen atoms in total. The summed E-state index contributed by atoms with van der Waals surface area (Å²) in [6.07, 6.45) is 6.06. The zero-order valence-corrected chi connectivity index (χ0v) is 39.0. The molecule has 0 fully saturated rings. The van der Waals surface area contributed by atoms with Gasteiger partial charge in [0.1, 0.15) is 11.4 Å². The predicted octanol–water partition coefficient (Wildman–Crippen LogP) is 13.8. The summed E-state index contributed by atoms with van der Waals surface area (Å²) in [5.41, 5.74) is 14.8. The Bertz CT molecular complexity index is 3780. The van der Waals surface area contributed by atoms with Crippen LogP contribution in [-0.4, -0.2) is 33.3 Å². The Morgan fingerprint density at radius 3 is 2.14 bits per heavy atom. The average Bonchev–Trinajstić information content (AvgIpc) is 4.11. The van der Waals surface area contributed by atoms with Crippen LogP contribution < -0.4 is 0 Å². The fraction of sp³-hybridized carbons (Fsp3) is 0.182. The average molecular weight is 1020 g/mol. The Labute approximate surface area is 385 Å². The van der Waals surface area contributed by atoms with Gasteiger partial charge in [0, 0.05) is 34.4 Å². The van der Waals surface area contributed by atoms with Crippen molar-refractivity contribution in [1.82, 2.24) is 33.3 Å². The van der Waals surface area contributed by atoms with E-state index in [0.29, 0.717) is 17.4 Å². The number of hydrogen-bond donors (Lipinski definition) is 0. The van der Waals surface area contributed by atoms with Gasteiger partial charge in [0.25, 0.3) is 0 Å². The van der Waals surface area contributed by atoms with Gasteiger partial charge in [-0.2, -0.15) is 5.10 Å². The van der Waals surface area contributed by atoms with Crippen molar-refractivity contribution in [3.05, 3.63) is 163 Å². The monoisotopic (exact) mass is 1010 g/mol. The van der Waals surface area contributed by atoms with Gasteiger partial charge in [-0.1, -0.05) is 131 Å². The van der Waals surface area contributed by atoms with Gasteiger partial charge in [0.05, 0.1) is 17.2 Å². The van der Waals surface area contributed by atoms with Crippen molar-refractivity contribution in [1.29, 1.82) is 0 Å². The first-order chi connectivity index (χ1) is 30.5. The van der Waals surface area contributed by atoms with Crippen LogP contribution in [0.25, 0.3) is 99.9 Å². The summed E-state index contributed by atoms with van der Waals surface area (Å²) in [4.78, 5) is 10.3. The molecule has 0 bridgehead atoms. The molecule has 0 saturated carbocycles. The third-order valence-electron chi connectivity index (χ3n) is 12.8. The molecule has 0 aliphatic rings. The van der Waals surface area contributed by atoms with E-state index in [2.05, 4.69) is 177 Å². The van der Waals surface area contributed by atoms with Gasteiger partial charge in [-0.25, -0.2) is 9.97 Å². The number of aromatic nitrogens is 7. The van der Waals surface area contributed by atoms with Gasteiger partial charge in [0.15, 0.2) is 0 Å². The topological polar surface area (TPSA) is 71.0 Å². The Balaban J connectivity index is 0.00000456.